The molecule has 0 amide bonds. The van der Waals surface area contributed by atoms with Gasteiger partial charge in [-0.2, -0.15) is 5.26 Å². The number of esters is 1. The lowest BCUT2D eigenvalue weighted by atomic mass is 10.1. The van der Waals surface area contributed by atoms with E-state index in [1.165, 1.54) is 11.3 Å². The molecule has 1 aromatic heterocycles. The minimum absolute atomic E-state index is 0.334. The van der Waals surface area contributed by atoms with Crippen LogP contribution in [0.4, 0.5) is 5.69 Å². The van der Waals surface area contributed by atoms with E-state index in [1.807, 2.05) is 12.1 Å². The van der Waals surface area contributed by atoms with Crippen molar-refractivity contribution in [3.63, 3.8) is 0 Å². The van der Waals surface area contributed by atoms with Gasteiger partial charge in [0, 0.05) is 12.1 Å². The first-order chi connectivity index (χ1) is 11.5. The van der Waals surface area contributed by atoms with Crippen molar-refractivity contribution < 1.29 is 9.53 Å². The molecule has 0 atom stereocenters. The van der Waals surface area contributed by atoms with E-state index >= 15 is 0 Å². The van der Waals surface area contributed by atoms with Crippen molar-refractivity contribution in [3.8, 4) is 16.6 Å². The van der Waals surface area contributed by atoms with Crippen molar-refractivity contribution in [2.24, 2.45) is 5.92 Å². The summed E-state index contributed by atoms with van der Waals surface area (Å²) in [6.07, 6.45) is 0. The number of nitrogens with zero attached hydrogens (tertiary/aromatic N) is 2. The average Bonchev–Trinajstić information content (AvgIpc) is 2.94. The lowest BCUT2D eigenvalue weighted by Crippen LogP contribution is -2.09. The Hall–Kier alpha value is -2.39. The molecule has 0 spiro atoms. The number of thiazole rings is 1. The first-order valence-electron chi connectivity index (χ1n) is 7.89. The number of hydrogen-bond acceptors (Lipinski definition) is 6. The number of benzene rings is 1. The maximum absolute atomic E-state index is 11.9. The second-order valence-corrected chi connectivity index (χ2v) is 6.80. The van der Waals surface area contributed by atoms with Gasteiger partial charge in [-0.25, -0.2) is 9.78 Å². The third-order valence-corrected chi connectivity index (χ3v) is 4.53. The molecule has 5 nitrogen and oxygen atoms in total. The molecule has 6 heteroatoms. The molecule has 126 valence electrons. The van der Waals surface area contributed by atoms with E-state index in [4.69, 9.17) is 4.74 Å². The number of carbonyl (C=O) groups is 1. The van der Waals surface area contributed by atoms with Crippen LogP contribution in [0.2, 0.25) is 0 Å². The summed E-state index contributed by atoms with van der Waals surface area (Å²) in [7, 11) is 0. The summed E-state index contributed by atoms with van der Waals surface area (Å²) in [5, 5.41) is 13.4. The molecule has 0 bridgehead atoms. The number of nitrogens with one attached hydrogen (secondary N) is 1. The molecule has 1 N–H and O–H groups in total. The average molecular weight is 343 g/mol. The zero-order chi connectivity index (χ0) is 17.7. The fourth-order valence-electron chi connectivity index (χ4n) is 2.14. The van der Waals surface area contributed by atoms with Crippen LogP contribution in [0.1, 0.15) is 41.7 Å². The van der Waals surface area contributed by atoms with Gasteiger partial charge in [0.15, 0.2) is 0 Å². The first-order valence-corrected chi connectivity index (χ1v) is 8.70. The highest BCUT2D eigenvalue weighted by Crippen LogP contribution is 2.31. The summed E-state index contributed by atoms with van der Waals surface area (Å²) >= 11 is 1.29. The van der Waals surface area contributed by atoms with Crippen molar-refractivity contribution >= 4 is 23.0 Å². The van der Waals surface area contributed by atoms with Gasteiger partial charge in [-0.3, -0.25) is 0 Å². The van der Waals surface area contributed by atoms with Gasteiger partial charge < -0.3 is 10.1 Å². The zero-order valence-corrected chi connectivity index (χ0v) is 15.2. The molecule has 1 heterocycles. The van der Waals surface area contributed by atoms with Crippen LogP contribution in [0.15, 0.2) is 18.2 Å². The second kappa shape index (κ2) is 7.93. The Labute approximate surface area is 146 Å². The van der Waals surface area contributed by atoms with Gasteiger partial charge in [-0.1, -0.05) is 13.8 Å². The maximum atomic E-state index is 11.9. The van der Waals surface area contributed by atoms with Crippen LogP contribution in [0, 0.1) is 24.2 Å². The van der Waals surface area contributed by atoms with Crippen molar-refractivity contribution in [1.82, 2.24) is 4.98 Å². The Balaban J connectivity index is 2.31. The number of aryl methyl sites for hydroxylation is 1. The van der Waals surface area contributed by atoms with Gasteiger partial charge in [0.05, 0.1) is 23.6 Å². The standard InChI is InChI=1S/C18H21N3O2S/c1-5-23-18(22)16-12(4)21-17(24-16)13-6-7-15(14(8-13)9-19)20-10-11(2)3/h6-8,11,20H,5,10H2,1-4H3. The fourth-order valence-corrected chi connectivity index (χ4v) is 3.10. The molecule has 0 aliphatic heterocycles. The highest BCUT2D eigenvalue weighted by atomic mass is 32.1. The SMILES string of the molecule is CCOC(=O)c1sc(-c2ccc(NCC(C)C)c(C#N)c2)nc1C. The van der Waals surface area contributed by atoms with Gasteiger partial charge in [0.25, 0.3) is 0 Å². The smallest absolute Gasteiger partial charge is 0.350 e. The van der Waals surface area contributed by atoms with E-state index < -0.39 is 0 Å². The lowest BCUT2D eigenvalue weighted by Gasteiger charge is -2.11. The highest BCUT2D eigenvalue weighted by molar-refractivity contribution is 7.17. The highest BCUT2D eigenvalue weighted by Gasteiger charge is 2.17. The minimum atomic E-state index is -0.352. The van der Waals surface area contributed by atoms with Crippen molar-refractivity contribution in [2.45, 2.75) is 27.7 Å². The molecule has 0 aliphatic carbocycles. The quantitative estimate of drug-likeness (QED) is 0.794. The normalized spacial score (nSPS) is 10.5. The van der Waals surface area contributed by atoms with Gasteiger partial charge in [-0.15, -0.1) is 11.3 Å². The van der Waals surface area contributed by atoms with Crippen molar-refractivity contribution in [3.05, 3.63) is 34.3 Å². The number of carbonyl (C=O) groups excluding carboxylic acids is 1. The molecule has 0 saturated heterocycles. The molecule has 1 aromatic carbocycles. The molecule has 24 heavy (non-hydrogen) atoms. The third-order valence-electron chi connectivity index (χ3n) is 3.35. The molecule has 2 aromatic rings. The van der Waals surface area contributed by atoms with Crippen molar-refractivity contribution in [2.75, 3.05) is 18.5 Å². The number of anilines is 1. The number of rotatable bonds is 6. The topological polar surface area (TPSA) is 75.0 Å². The van der Waals surface area contributed by atoms with E-state index in [0.29, 0.717) is 33.7 Å². The maximum Gasteiger partial charge on any atom is 0.350 e. The molecule has 0 fully saturated rings. The Kier molecular flexibility index (Phi) is 5.93. The van der Waals surface area contributed by atoms with Gasteiger partial charge >= 0.3 is 5.97 Å². The Morgan fingerprint density at radius 1 is 1.46 bits per heavy atom. The van der Waals surface area contributed by atoms with Crippen LogP contribution in [-0.4, -0.2) is 24.1 Å². The number of aromatic nitrogens is 1. The van der Waals surface area contributed by atoms with E-state index in [2.05, 4.69) is 30.2 Å². The molecular weight excluding hydrogens is 322 g/mol. The van der Waals surface area contributed by atoms with Gasteiger partial charge in [0.2, 0.25) is 0 Å². The zero-order valence-electron chi connectivity index (χ0n) is 14.3. The molecule has 0 aliphatic rings. The largest absolute Gasteiger partial charge is 0.462 e. The molecule has 0 saturated carbocycles. The van der Waals surface area contributed by atoms with Crippen LogP contribution in [0.5, 0.6) is 0 Å². The summed E-state index contributed by atoms with van der Waals surface area (Å²) in [6.45, 7) is 8.93. The summed E-state index contributed by atoms with van der Waals surface area (Å²) in [6, 6.07) is 7.82. The Morgan fingerprint density at radius 3 is 2.83 bits per heavy atom. The fraction of sp³-hybridized carbons (Fsp3) is 0.389. The van der Waals surface area contributed by atoms with Gasteiger partial charge in [-0.05, 0) is 38.0 Å². The Bertz CT molecular complexity index is 775. The predicted molar refractivity (Wildman–Crippen MR) is 96.3 cm³/mol. The lowest BCUT2D eigenvalue weighted by molar-refractivity contribution is 0.0531. The monoisotopic (exact) mass is 343 g/mol. The van der Waals surface area contributed by atoms with E-state index in [-0.39, 0.29) is 5.97 Å². The number of ether oxygens (including phenoxy) is 1. The van der Waals surface area contributed by atoms with E-state index in [0.717, 1.165) is 17.8 Å². The van der Waals surface area contributed by atoms with E-state index in [9.17, 15) is 10.1 Å². The Morgan fingerprint density at radius 2 is 2.21 bits per heavy atom. The van der Waals surface area contributed by atoms with E-state index in [1.54, 1.807) is 19.9 Å². The summed E-state index contributed by atoms with van der Waals surface area (Å²) in [5.41, 5.74) is 2.85. The summed E-state index contributed by atoms with van der Waals surface area (Å²) < 4.78 is 5.05. The second-order valence-electron chi connectivity index (χ2n) is 5.80. The van der Waals surface area contributed by atoms with Crippen LogP contribution in [0.25, 0.3) is 10.6 Å². The predicted octanol–water partition coefficient (Wildman–Crippen LogP) is 4.23. The summed E-state index contributed by atoms with van der Waals surface area (Å²) in [5.74, 6) is 0.138. The molecule has 0 unspecified atom stereocenters. The minimum Gasteiger partial charge on any atom is -0.462 e. The van der Waals surface area contributed by atoms with Crippen molar-refractivity contribution in [1.29, 1.82) is 5.26 Å². The molecule has 0 radical (unpaired) electrons. The molecule has 2 rings (SSSR count). The third kappa shape index (κ3) is 4.12. The summed E-state index contributed by atoms with van der Waals surface area (Å²) in [4.78, 5) is 16.9. The van der Waals surface area contributed by atoms with Crippen LogP contribution in [-0.2, 0) is 4.74 Å². The first kappa shape index (κ1) is 18.0. The molecular formula is C18H21N3O2S. The van der Waals surface area contributed by atoms with Gasteiger partial charge in [0.1, 0.15) is 16.0 Å². The number of hydrogen-bond donors (Lipinski definition) is 1. The van der Waals surface area contributed by atoms with Crippen LogP contribution >= 0.6 is 11.3 Å². The van der Waals surface area contributed by atoms with Crippen LogP contribution < -0.4 is 5.32 Å². The number of nitriles is 1. The van der Waals surface area contributed by atoms with Crippen LogP contribution in [0.3, 0.4) is 0 Å².